The van der Waals surface area contributed by atoms with Crippen LogP contribution >= 0.6 is 0 Å². The summed E-state index contributed by atoms with van der Waals surface area (Å²) < 4.78 is 105. The van der Waals surface area contributed by atoms with Crippen LogP contribution < -0.4 is 8.61 Å². The topological polar surface area (TPSA) is 258 Å². The zero-order valence-corrected chi connectivity index (χ0v) is 61.4. The molecule has 91 heavy (non-hydrogen) atoms. The molecule has 0 bridgehead atoms. The van der Waals surface area contributed by atoms with E-state index >= 15 is 0 Å². The maximum Gasteiger partial charge on any atom is 0.308 e. The molecular formula is C65H100F2N6O14S2Si2. The molecule has 0 aliphatic carbocycles. The summed E-state index contributed by atoms with van der Waals surface area (Å²) in [4.78, 5) is 77.9. The van der Waals surface area contributed by atoms with E-state index in [1.165, 1.54) is 95.6 Å². The number of allylic oxidation sites excluding steroid dienone is 1. The van der Waals surface area contributed by atoms with Gasteiger partial charge in [-0.2, -0.15) is 0 Å². The Morgan fingerprint density at radius 2 is 0.989 bits per heavy atom. The minimum atomic E-state index is -3.67. The SMILES string of the molecule is C1CCOC1.CC(=O)C[C@H](CC(=O)OC(C)(C)C)O[Si](C)(C)C(C)(C)C.CC(C)c1nc(N(C)S(C)(=O)=O)nc(-c2ccc(F)cc2)c1C=O.COC(=O)C[C@@H](CC(=O)/C=C/c1c(-c2ccc(F)cc2)nc(N(C)S(C)(=O)=O)nc1C(C)C)O[Si](C)(C)C(C)(C)C. The van der Waals surface area contributed by atoms with Gasteiger partial charge in [0.15, 0.2) is 28.7 Å². The number of anilines is 2. The molecule has 0 amide bonds. The predicted octanol–water partition coefficient (Wildman–Crippen LogP) is 13.2. The normalized spacial score (nSPS) is 13.8. The fourth-order valence-electron chi connectivity index (χ4n) is 7.98. The first-order valence-electron chi connectivity index (χ1n) is 30.2. The number of hydrogen-bond acceptors (Lipinski definition) is 18. The molecule has 0 unspecified atom stereocenters. The zero-order chi connectivity index (χ0) is 70.0. The third kappa shape index (κ3) is 26.8. The molecule has 2 atom stereocenters. The Morgan fingerprint density at radius 1 is 0.615 bits per heavy atom. The molecule has 2 aromatic heterocycles. The van der Waals surface area contributed by atoms with E-state index in [9.17, 15) is 49.6 Å². The third-order valence-corrected chi connectivity index (χ3v) is 26.5. The quantitative estimate of drug-likeness (QED) is 0.0289. The van der Waals surface area contributed by atoms with Crippen LogP contribution in [0, 0.1) is 11.6 Å². The van der Waals surface area contributed by atoms with Crippen LogP contribution in [0.4, 0.5) is 20.7 Å². The Bertz CT molecular complexity index is 3350. The molecular weight excluding hydrogens is 1250 g/mol. The third-order valence-electron chi connectivity index (χ3n) is 15.1. The summed E-state index contributed by atoms with van der Waals surface area (Å²) in [5, 5.41) is -0.0926. The molecule has 0 N–H and O–H groups in total. The minimum Gasteiger partial charge on any atom is -0.469 e. The molecule has 4 aromatic rings. The lowest BCUT2D eigenvalue weighted by Gasteiger charge is -2.39. The van der Waals surface area contributed by atoms with Gasteiger partial charge in [-0.3, -0.25) is 24.0 Å². The number of Topliss-reactive ketones (excluding diaryl/α,β-unsaturated/α-hetero) is 1. The lowest BCUT2D eigenvalue weighted by Crippen LogP contribution is -2.45. The van der Waals surface area contributed by atoms with E-state index < -0.39 is 72.1 Å². The number of halogens is 2. The highest BCUT2D eigenvalue weighted by Crippen LogP contribution is 2.40. The van der Waals surface area contributed by atoms with Crippen molar-refractivity contribution in [3.05, 3.63) is 88.8 Å². The van der Waals surface area contributed by atoms with E-state index in [2.05, 4.69) is 74.6 Å². The van der Waals surface area contributed by atoms with Crippen molar-refractivity contribution in [2.45, 2.75) is 201 Å². The number of nitrogens with zero attached hydrogens (tertiary/aromatic N) is 6. The van der Waals surface area contributed by atoms with Gasteiger partial charge in [0.05, 0.1) is 73.0 Å². The molecule has 20 nitrogen and oxygen atoms in total. The van der Waals surface area contributed by atoms with Crippen LogP contribution in [0.1, 0.15) is 175 Å². The number of rotatable bonds is 23. The molecule has 26 heteroatoms. The maximum absolute atomic E-state index is 13.7. The van der Waals surface area contributed by atoms with Crippen molar-refractivity contribution in [1.82, 2.24) is 19.9 Å². The molecule has 2 aromatic carbocycles. The first-order chi connectivity index (χ1) is 41.5. The molecule has 0 spiro atoms. The van der Waals surface area contributed by atoms with E-state index in [1.54, 1.807) is 6.08 Å². The Labute approximate surface area is 542 Å². The lowest BCUT2D eigenvalue weighted by atomic mass is 9.97. The maximum atomic E-state index is 13.7. The summed E-state index contributed by atoms with van der Waals surface area (Å²) in [7, 11) is -7.57. The number of methoxy groups -OCH3 is 1. The van der Waals surface area contributed by atoms with Crippen LogP contribution in [-0.2, 0) is 62.3 Å². The molecule has 5 rings (SSSR count). The van der Waals surface area contributed by atoms with Crippen LogP contribution in [0.15, 0.2) is 54.6 Å². The number of ether oxygens (including phenoxy) is 3. The standard InChI is InChI=1S/C29H42FN3O6SSi.C16H18FN3O3S.C16H32O4Si.C4H8O/c1-19(2)26-24(16-15-22(34)17-23(18-25(35)38-7)39-41(9,10)29(3,4)5)27(20-11-13-21(30)14-12-20)32-28(31-26)33(6)40(8,36)37;1-10(2)14-13(9-21)15(11-5-7-12(17)8-6-11)19-16(18-14)20(3)24(4,22)23;1-12(17)10-13(11-14(18)19-15(2,3)4)20-21(8,9)16(5,6)7;1-2-4-5-3-1/h11-16,19,23H,17-18H2,1-10H3;5-10H,1-4H3;13H,10-11H2,1-9H3;1-4H2/b16-15+;;;/t23-;;13-;/m1.1./s1. The van der Waals surface area contributed by atoms with Crippen molar-refractivity contribution < 1.29 is 72.7 Å². The summed E-state index contributed by atoms with van der Waals surface area (Å²) in [5.74, 6) is -2.27. The molecule has 1 saturated heterocycles. The summed E-state index contributed by atoms with van der Waals surface area (Å²) in [5.41, 5.74) is 2.84. The van der Waals surface area contributed by atoms with Gasteiger partial charge in [0.1, 0.15) is 23.0 Å². The summed E-state index contributed by atoms with van der Waals surface area (Å²) in [6, 6.07) is 11.1. The molecule has 1 fully saturated rings. The van der Waals surface area contributed by atoms with Crippen molar-refractivity contribution in [2.24, 2.45) is 0 Å². The van der Waals surface area contributed by atoms with Gasteiger partial charge in [0.25, 0.3) is 0 Å². The Kier molecular flexibility index (Phi) is 30.5. The number of aldehydes is 1. The first kappa shape index (κ1) is 81.1. The second-order valence-electron chi connectivity index (χ2n) is 27.0. The van der Waals surface area contributed by atoms with Crippen LogP contribution in [0.25, 0.3) is 28.6 Å². The molecule has 0 radical (unpaired) electrons. The van der Waals surface area contributed by atoms with Crippen molar-refractivity contribution in [1.29, 1.82) is 0 Å². The largest absolute Gasteiger partial charge is 0.469 e. The summed E-state index contributed by atoms with van der Waals surface area (Å²) >= 11 is 0. The van der Waals surface area contributed by atoms with E-state index in [-0.39, 0.29) is 88.3 Å². The minimum absolute atomic E-state index is 0.0299. The average Bonchev–Trinajstić information content (AvgIpc) is 0.857. The monoisotopic (exact) mass is 1350 g/mol. The number of ketones is 2. The van der Waals surface area contributed by atoms with E-state index in [4.69, 9.17) is 23.1 Å². The second-order valence-corrected chi connectivity index (χ2v) is 40.6. The van der Waals surface area contributed by atoms with Gasteiger partial charge in [-0.1, -0.05) is 69.2 Å². The number of sulfonamides is 2. The van der Waals surface area contributed by atoms with Gasteiger partial charge in [-0.15, -0.1) is 0 Å². The highest BCUT2D eigenvalue weighted by molar-refractivity contribution is 7.92. The number of hydrogen-bond donors (Lipinski definition) is 0. The number of benzene rings is 2. The molecule has 1 aliphatic heterocycles. The fourth-order valence-corrected chi connectivity index (χ4v) is 11.4. The van der Waals surface area contributed by atoms with Crippen LogP contribution in [-0.4, -0.2) is 148 Å². The Morgan fingerprint density at radius 3 is 1.31 bits per heavy atom. The van der Waals surface area contributed by atoms with Crippen LogP contribution in [0.5, 0.6) is 0 Å². The predicted molar refractivity (Wildman–Crippen MR) is 360 cm³/mol. The molecule has 508 valence electrons. The highest BCUT2D eigenvalue weighted by Gasteiger charge is 2.41. The zero-order valence-electron chi connectivity index (χ0n) is 57.8. The molecule has 3 heterocycles. The van der Waals surface area contributed by atoms with Gasteiger partial charge in [-0.05, 0) is 149 Å². The highest BCUT2D eigenvalue weighted by atomic mass is 32.2. The van der Waals surface area contributed by atoms with Gasteiger partial charge in [-0.25, -0.2) is 54.2 Å². The fraction of sp³-hybridized carbons (Fsp3) is 0.585. The average molecular weight is 1350 g/mol. The second kappa shape index (κ2) is 34.2. The van der Waals surface area contributed by atoms with Crippen LogP contribution in [0.3, 0.4) is 0 Å². The van der Waals surface area contributed by atoms with Crippen molar-refractivity contribution in [2.75, 3.05) is 55.5 Å². The van der Waals surface area contributed by atoms with E-state index in [0.29, 0.717) is 40.1 Å². The van der Waals surface area contributed by atoms with Gasteiger partial charge >= 0.3 is 11.9 Å². The number of esters is 2. The molecule has 0 saturated carbocycles. The Balaban J connectivity index is 0.000000477. The van der Waals surface area contributed by atoms with Gasteiger partial charge < -0.3 is 23.1 Å². The van der Waals surface area contributed by atoms with Crippen LogP contribution in [0.2, 0.25) is 36.3 Å². The van der Waals surface area contributed by atoms with Gasteiger partial charge in [0, 0.05) is 56.8 Å². The van der Waals surface area contributed by atoms with Crippen molar-refractivity contribution >= 4 is 84.4 Å². The molecule has 1 aliphatic rings. The summed E-state index contributed by atoms with van der Waals surface area (Å²) in [6.07, 6.45) is 7.48. The van der Waals surface area contributed by atoms with Crippen molar-refractivity contribution in [3.8, 4) is 22.5 Å². The number of carbonyl (C=O) groups excluding carboxylic acids is 5. The smallest absolute Gasteiger partial charge is 0.308 e. The number of aromatic nitrogens is 4. The van der Waals surface area contributed by atoms with E-state index in [0.717, 1.165) is 34.3 Å². The Hall–Kier alpha value is -6.04. The first-order valence-corrected chi connectivity index (χ1v) is 39.7. The van der Waals surface area contributed by atoms with Crippen molar-refractivity contribution in [3.63, 3.8) is 0 Å². The number of carbonyl (C=O) groups is 5. The van der Waals surface area contributed by atoms with Gasteiger partial charge in [0.2, 0.25) is 31.9 Å². The lowest BCUT2D eigenvalue weighted by molar-refractivity contribution is -0.157. The summed E-state index contributed by atoms with van der Waals surface area (Å²) in [6.45, 7) is 37.5. The van der Waals surface area contributed by atoms with E-state index in [1.807, 2.05) is 61.6 Å².